The minimum Gasteiger partial charge on any atom is -0.467 e. The molecule has 0 fully saturated rings. The third-order valence-corrected chi connectivity index (χ3v) is 2.26. The lowest BCUT2D eigenvalue weighted by Crippen LogP contribution is -1.93. The van der Waals surface area contributed by atoms with Crippen LogP contribution in [0.4, 0.5) is 0 Å². The molecule has 2 nitrogen and oxygen atoms in total. The second-order valence-corrected chi connectivity index (χ2v) is 3.38. The van der Waals surface area contributed by atoms with Crippen molar-refractivity contribution in [2.24, 2.45) is 0 Å². The first-order chi connectivity index (χ1) is 6.25. The quantitative estimate of drug-likeness (QED) is 0.686. The van der Waals surface area contributed by atoms with E-state index < -0.39 is 0 Å². The predicted molar refractivity (Wildman–Crippen MR) is 51.7 cm³/mol. The van der Waals surface area contributed by atoms with Gasteiger partial charge in [0.2, 0.25) is 0 Å². The zero-order chi connectivity index (χ0) is 9.26. The largest absolute Gasteiger partial charge is 0.467 e. The van der Waals surface area contributed by atoms with E-state index in [1.807, 2.05) is 12.1 Å². The van der Waals surface area contributed by atoms with E-state index in [2.05, 4.69) is 30.8 Å². The molecule has 0 aliphatic heterocycles. The van der Waals surface area contributed by atoms with Crippen molar-refractivity contribution in [2.45, 2.75) is 20.4 Å². The molecule has 2 heterocycles. The summed E-state index contributed by atoms with van der Waals surface area (Å²) in [6.45, 7) is 5.06. The van der Waals surface area contributed by atoms with Crippen LogP contribution in [0.15, 0.2) is 35.2 Å². The fraction of sp³-hybridized carbons (Fsp3) is 0.273. The number of aromatic nitrogens is 1. The van der Waals surface area contributed by atoms with Crippen molar-refractivity contribution in [3.63, 3.8) is 0 Å². The maximum Gasteiger partial charge on any atom is 0.123 e. The highest BCUT2D eigenvalue weighted by Crippen LogP contribution is 2.10. The Morgan fingerprint density at radius 2 is 1.92 bits per heavy atom. The summed E-state index contributed by atoms with van der Waals surface area (Å²) < 4.78 is 7.41. The van der Waals surface area contributed by atoms with Crippen molar-refractivity contribution in [2.75, 3.05) is 0 Å². The molecular weight excluding hydrogens is 162 g/mol. The standard InChI is InChI=1S/C11H13NO/c1-9-6-12(7-10(9)2)8-11-4-3-5-13-11/h3-7H,8H2,1-2H3. The summed E-state index contributed by atoms with van der Waals surface area (Å²) >= 11 is 0. The first-order valence-electron chi connectivity index (χ1n) is 4.41. The number of furan rings is 1. The van der Waals surface area contributed by atoms with E-state index in [1.54, 1.807) is 6.26 Å². The predicted octanol–water partition coefficient (Wildman–Crippen LogP) is 2.75. The van der Waals surface area contributed by atoms with Crippen LogP contribution in [0.3, 0.4) is 0 Å². The molecule has 0 spiro atoms. The van der Waals surface area contributed by atoms with Crippen LogP contribution in [0.5, 0.6) is 0 Å². The Morgan fingerprint density at radius 3 is 2.46 bits per heavy atom. The van der Waals surface area contributed by atoms with E-state index in [-0.39, 0.29) is 0 Å². The molecule has 0 saturated heterocycles. The van der Waals surface area contributed by atoms with Gasteiger partial charge in [-0.15, -0.1) is 0 Å². The molecule has 0 bridgehead atoms. The third-order valence-electron chi connectivity index (χ3n) is 2.26. The van der Waals surface area contributed by atoms with Crippen LogP contribution in [0, 0.1) is 13.8 Å². The maximum atomic E-state index is 5.27. The molecule has 2 rings (SSSR count). The van der Waals surface area contributed by atoms with Crippen LogP contribution in [0.2, 0.25) is 0 Å². The van der Waals surface area contributed by atoms with Crippen LogP contribution in [0.1, 0.15) is 16.9 Å². The van der Waals surface area contributed by atoms with Gasteiger partial charge in [-0.1, -0.05) is 0 Å². The average molecular weight is 175 g/mol. The summed E-state index contributed by atoms with van der Waals surface area (Å²) in [5.74, 6) is 0.995. The van der Waals surface area contributed by atoms with Gasteiger partial charge in [-0.05, 0) is 37.1 Å². The Kier molecular flexibility index (Phi) is 1.97. The second kappa shape index (κ2) is 3.13. The highest BCUT2D eigenvalue weighted by molar-refractivity contribution is 5.21. The van der Waals surface area contributed by atoms with Crippen LogP contribution in [-0.4, -0.2) is 4.57 Å². The Morgan fingerprint density at radius 1 is 1.23 bits per heavy atom. The minimum absolute atomic E-state index is 0.821. The Balaban J connectivity index is 2.19. The van der Waals surface area contributed by atoms with Gasteiger partial charge in [0, 0.05) is 12.4 Å². The first kappa shape index (κ1) is 8.17. The number of hydrogen-bond donors (Lipinski definition) is 0. The minimum atomic E-state index is 0.821. The van der Waals surface area contributed by atoms with Crippen molar-refractivity contribution >= 4 is 0 Å². The molecule has 0 N–H and O–H groups in total. The summed E-state index contributed by atoms with van der Waals surface area (Å²) in [6, 6.07) is 3.91. The molecule has 0 aliphatic carbocycles. The summed E-state index contributed by atoms with van der Waals surface area (Å²) in [4.78, 5) is 0. The molecule has 2 aromatic heterocycles. The summed E-state index contributed by atoms with van der Waals surface area (Å²) in [5, 5.41) is 0. The molecule has 0 radical (unpaired) electrons. The normalized spacial score (nSPS) is 10.6. The molecular formula is C11H13NO. The van der Waals surface area contributed by atoms with Crippen LogP contribution in [0.25, 0.3) is 0 Å². The summed E-state index contributed by atoms with van der Waals surface area (Å²) in [7, 11) is 0. The Hall–Kier alpha value is -1.44. The number of hydrogen-bond acceptors (Lipinski definition) is 1. The molecule has 0 amide bonds. The van der Waals surface area contributed by atoms with E-state index in [1.165, 1.54) is 11.1 Å². The Bertz CT molecular complexity index is 365. The van der Waals surface area contributed by atoms with Crippen molar-refractivity contribution < 1.29 is 4.42 Å². The molecule has 0 aromatic carbocycles. The SMILES string of the molecule is Cc1cn(Cc2ccco2)cc1C. The van der Waals surface area contributed by atoms with Crippen LogP contribution >= 0.6 is 0 Å². The topological polar surface area (TPSA) is 18.1 Å². The molecule has 0 atom stereocenters. The molecule has 2 heteroatoms. The first-order valence-corrected chi connectivity index (χ1v) is 4.41. The molecule has 2 aromatic rings. The number of nitrogens with zero attached hydrogens (tertiary/aromatic N) is 1. The van der Waals surface area contributed by atoms with E-state index in [4.69, 9.17) is 4.42 Å². The van der Waals surface area contributed by atoms with E-state index in [9.17, 15) is 0 Å². The average Bonchev–Trinajstić information content (AvgIpc) is 2.64. The fourth-order valence-corrected chi connectivity index (χ4v) is 1.41. The number of rotatable bonds is 2. The summed E-state index contributed by atoms with van der Waals surface area (Å²) in [6.07, 6.45) is 5.98. The van der Waals surface area contributed by atoms with Gasteiger partial charge >= 0.3 is 0 Å². The number of aryl methyl sites for hydroxylation is 2. The van der Waals surface area contributed by atoms with E-state index in [0.29, 0.717) is 0 Å². The van der Waals surface area contributed by atoms with E-state index in [0.717, 1.165) is 12.3 Å². The smallest absolute Gasteiger partial charge is 0.123 e. The van der Waals surface area contributed by atoms with Gasteiger partial charge in [0.25, 0.3) is 0 Å². The molecule has 0 unspecified atom stereocenters. The zero-order valence-corrected chi connectivity index (χ0v) is 7.95. The monoisotopic (exact) mass is 175 g/mol. The van der Waals surface area contributed by atoms with Gasteiger partial charge < -0.3 is 8.98 Å². The second-order valence-electron chi connectivity index (χ2n) is 3.38. The highest BCUT2D eigenvalue weighted by atomic mass is 16.3. The summed E-state index contributed by atoms with van der Waals surface area (Å²) in [5.41, 5.74) is 2.65. The lowest BCUT2D eigenvalue weighted by atomic mass is 10.2. The lowest BCUT2D eigenvalue weighted by Gasteiger charge is -1.97. The van der Waals surface area contributed by atoms with Gasteiger partial charge in [-0.25, -0.2) is 0 Å². The molecule has 0 saturated carbocycles. The van der Waals surface area contributed by atoms with Crippen molar-refractivity contribution in [1.82, 2.24) is 4.57 Å². The fourth-order valence-electron chi connectivity index (χ4n) is 1.41. The van der Waals surface area contributed by atoms with Gasteiger partial charge in [0.15, 0.2) is 0 Å². The highest BCUT2D eigenvalue weighted by Gasteiger charge is 2.00. The Labute approximate surface area is 77.8 Å². The van der Waals surface area contributed by atoms with Gasteiger partial charge in [0.1, 0.15) is 5.76 Å². The van der Waals surface area contributed by atoms with Crippen molar-refractivity contribution in [3.8, 4) is 0 Å². The van der Waals surface area contributed by atoms with Crippen LogP contribution in [-0.2, 0) is 6.54 Å². The van der Waals surface area contributed by atoms with Crippen molar-refractivity contribution in [3.05, 3.63) is 47.7 Å². The van der Waals surface area contributed by atoms with Gasteiger partial charge in [-0.2, -0.15) is 0 Å². The van der Waals surface area contributed by atoms with Gasteiger partial charge in [-0.3, -0.25) is 0 Å². The van der Waals surface area contributed by atoms with Gasteiger partial charge in [0.05, 0.1) is 12.8 Å². The van der Waals surface area contributed by atoms with Crippen molar-refractivity contribution in [1.29, 1.82) is 0 Å². The van der Waals surface area contributed by atoms with Crippen LogP contribution < -0.4 is 0 Å². The third kappa shape index (κ3) is 1.66. The maximum absolute atomic E-state index is 5.27. The van der Waals surface area contributed by atoms with E-state index >= 15 is 0 Å². The molecule has 13 heavy (non-hydrogen) atoms. The molecule has 0 aliphatic rings. The zero-order valence-electron chi connectivity index (χ0n) is 7.95. The molecule has 68 valence electrons. The lowest BCUT2D eigenvalue weighted by molar-refractivity contribution is 0.494.